The lowest BCUT2D eigenvalue weighted by molar-refractivity contribution is -0.131. The zero-order valence-corrected chi connectivity index (χ0v) is 24.4. The molecule has 1 saturated heterocycles. The summed E-state index contributed by atoms with van der Waals surface area (Å²) in [7, 11) is -2.52. The van der Waals surface area contributed by atoms with Gasteiger partial charge in [0.05, 0.1) is 18.1 Å². The molecule has 0 bridgehead atoms. The smallest absolute Gasteiger partial charge is 0.407 e. The monoisotopic (exact) mass is 585 g/mol. The van der Waals surface area contributed by atoms with Crippen LogP contribution >= 0.6 is 9.03 Å². The first-order chi connectivity index (χ1) is 18.6. The molecule has 2 aromatic rings. The van der Waals surface area contributed by atoms with E-state index >= 15 is 0 Å². The lowest BCUT2D eigenvalue weighted by atomic mass is 10.0. The largest absolute Gasteiger partial charge is 0.444 e. The zero-order chi connectivity index (χ0) is 28.7. The molecule has 0 aromatic heterocycles. The van der Waals surface area contributed by atoms with Gasteiger partial charge in [-0.1, -0.05) is 44.2 Å². The minimum atomic E-state index is -3.71. The van der Waals surface area contributed by atoms with E-state index in [4.69, 9.17) is 20.5 Å². The Hall–Kier alpha value is -2.31. The van der Waals surface area contributed by atoms with Crippen LogP contribution in [0.4, 0.5) is 10.5 Å². The van der Waals surface area contributed by atoms with Gasteiger partial charge in [0, 0.05) is 38.3 Å². The molecule has 1 amide bonds. The number of nitrogens with one attached hydrogen (secondary N) is 1. The van der Waals surface area contributed by atoms with Crippen molar-refractivity contribution in [3.63, 3.8) is 0 Å². The fourth-order valence-electron chi connectivity index (χ4n) is 3.92. The van der Waals surface area contributed by atoms with Gasteiger partial charge in [-0.05, 0) is 48.6 Å². The van der Waals surface area contributed by atoms with Crippen molar-refractivity contribution in [2.45, 2.75) is 50.2 Å². The van der Waals surface area contributed by atoms with Crippen LogP contribution in [0, 0.1) is 5.92 Å². The summed E-state index contributed by atoms with van der Waals surface area (Å²) >= 11 is 0. The first kappa shape index (κ1) is 32.9. The van der Waals surface area contributed by atoms with Crippen LogP contribution < -0.4 is 11.1 Å². The van der Waals surface area contributed by atoms with Gasteiger partial charge in [0.1, 0.15) is 6.10 Å². The maximum atomic E-state index is 13.4. The van der Waals surface area contributed by atoms with Gasteiger partial charge >= 0.3 is 6.09 Å². The van der Waals surface area contributed by atoms with Gasteiger partial charge in [-0.3, -0.25) is 0 Å². The van der Waals surface area contributed by atoms with E-state index in [2.05, 4.69) is 14.5 Å². The summed E-state index contributed by atoms with van der Waals surface area (Å²) in [5, 5.41) is 10.4. The third-order valence-corrected chi connectivity index (χ3v) is 7.86. The van der Waals surface area contributed by atoms with E-state index < -0.39 is 16.1 Å². The topological polar surface area (TPSA) is 150 Å². The predicted molar refractivity (Wildman–Crippen MR) is 151 cm³/mol. The Morgan fingerprint density at radius 1 is 1.21 bits per heavy atom. The van der Waals surface area contributed by atoms with Crippen LogP contribution in [0.2, 0.25) is 0 Å². The standard InChI is InChI=1S/C25H35N3O5S.CH5O3P/c1-19(2)17-28(34(30,31)24-10-8-21(26)9-11-24)14-12-22(16-20-6-4-3-5-7-20)27-25(29)33-23-13-15-32-18-23;1-3-5-4-2/h3-11,19,22-23H,12-18,26H2,1-2H3,(H,27,29);2,5H,1H3/t22-,23?;/m1./s1. The summed E-state index contributed by atoms with van der Waals surface area (Å²) in [4.78, 5) is 12.7. The Bertz CT molecular complexity index is 1070. The number of carbonyl (C=O) groups is 1. The highest BCUT2D eigenvalue weighted by Gasteiger charge is 2.27. The molecule has 2 aromatic carbocycles. The number of carbonyl (C=O) groups excluding carboxylic acids is 1. The normalized spacial score (nSPS) is 16.3. The summed E-state index contributed by atoms with van der Waals surface area (Å²) in [6, 6.07) is 15.7. The number of nitrogens with two attached hydrogens (primary N) is 1. The average Bonchev–Trinajstić information content (AvgIpc) is 3.40. The Morgan fingerprint density at radius 3 is 2.44 bits per heavy atom. The van der Waals surface area contributed by atoms with E-state index in [9.17, 15) is 13.2 Å². The molecule has 0 aliphatic carbocycles. The molecule has 13 heteroatoms. The Labute approximate surface area is 232 Å². The lowest BCUT2D eigenvalue weighted by Crippen LogP contribution is -2.42. The SMILES string of the molecule is CC(C)CN(CC[C@H](Cc1ccccc1)NC(=O)OC1CCOC1)S(=O)(=O)c1ccc(N)cc1.COPOO. The van der Waals surface area contributed by atoms with Crippen molar-refractivity contribution < 1.29 is 37.1 Å². The number of sulfonamides is 1. The fourth-order valence-corrected chi connectivity index (χ4v) is 5.62. The molecule has 1 fully saturated rings. The van der Waals surface area contributed by atoms with E-state index in [-0.39, 0.29) is 38.5 Å². The lowest BCUT2D eigenvalue weighted by Gasteiger charge is -2.27. The van der Waals surface area contributed by atoms with Crippen molar-refractivity contribution in [2.24, 2.45) is 5.92 Å². The highest BCUT2D eigenvalue weighted by atomic mass is 32.2. The van der Waals surface area contributed by atoms with Crippen molar-refractivity contribution in [3.8, 4) is 0 Å². The summed E-state index contributed by atoms with van der Waals surface area (Å²) in [6.45, 7) is 5.57. The first-order valence-corrected chi connectivity index (χ1v) is 14.9. The molecule has 0 saturated carbocycles. The second-order valence-electron chi connectivity index (χ2n) is 9.42. The summed E-state index contributed by atoms with van der Waals surface area (Å²) in [5.74, 6) is 0.136. The van der Waals surface area contributed by atoms with Gasteiger partial charge in [0.15, 0.2) is 9.03 Å². The molecule has 2 unspecified atom stereocenters. The predicted octanol–water partition coefficient (Wildman–Crippen LogP) is 4.06. The molecule has 1 heterocycles. The number of benzene rings is 2. The third kappa shape index (κ3) is 12.2. The second-order valence-corrected chi connectivity index (χ2v) is 12.1. The van der Waals surface area contributed by atoms with Crippen LogP contribution in [0.5, 0.6) is 0 Å². The van der Waals surface area contributed by atoms with Crippen molar-refractivity contribution in [3.05, 3.63) is 60.2 Å². The van der Waals surface area contributed by atoms with Gasteiger partial charge in [0.25, 0.3) is 0 Å². The molecule has 218 valence electrons. The average molecular weight is 586 g/mol. The molecule has 3 atom stereocenters. The third-order valence-electron chi connectivity index (χ3n) is 5.74. The molecule has 39 heavy (non-hydrogen) atoms. The number of rotatable bonds is 13. The van der Waals surface area contributed by atoms with Crippen LogP contribution in [-0.4, -0.2) is 69.6 Å². The van der Waals surface area contributed by atoms with E-state index in [0.717, 1.165) is 5.56 Å². The molecule has 0 radical (unpaired) electrons. The molecular formula is C26H40N3O8PS. The summed E-state index contributed by atoms with van der Waals surface area (Å²) in [6.07, 6.45) is 0.924. The highest BCUT2D eigenvalue weighted by molar-refractivity contribution is 7.89. The van der Waals surface area contributed by atoms with Crippen molar-refractivity contribution in [2.75, 3.05) is 39.1 Å². The number of ether oxygens (including phenoxy) is 2. The molecule has 4 N–H and O–H groups in total. The molecule has 3 rings (SSSR count). The number of alkyl carbamates (subject to hydrolysis) is 1. The molecular weight excluding hydrogens is 545 g/mol. The fraction of sp³-hybridized carbons (Fsp3) is 0.500. The molecule has 1 aliphatic rings. The van der Waals surface area contributed by atoms with Crippen LogP contribution in [0.1, 0.15) is 32.3 Å². The van der Waals surface area contributed by atoms with Crippen LogP contribution in [0.3, 0.4) is 0 Å². The van der Waals surface area contributed by atoms with Crippen LogP contribution in [-0.2, 0) is 35.1 Å². The Kier molecular flexibility index (Phi) is 14.7. The van der Waals surface area contributed by atoms with Gasteiger partial charge in [-0.2, -0.15) is 8.98 Å². The van der Waals surface area contributed by atoms with Crippen LogP contribution in [0.25, 0.3) is 0 Å². The summed E-state index contributed by atoms with van der Waals surface area (Å²) in [5.41, 5.74) is 7.29. The van der Waals surface area contributed by atoms with E-state index in [0.29, 0.717) is 44.7 Å². The minimum absolute atomic E-state index is 0.136. The second kappa shape index (κ2) is 17.4. The number of anilines is 1. The minimum Gasteiger partial charge on any atom is -0.444 e. The van der Waals surface area contributed by atoms with Gasteiger partial charge in [-0.25, -0.2) is 18.5 Å². The first-order valence-electron chi connectivity index (χ1n) is 12.7. The maximum absolute atomic E-state index is 13.4. The molecule has 1 aliphatic heterocycles. The van der Waals surface area contributed by atoms with Crippen LogP contribution in [0.15, 0.2) is 59.5 Å². The number of hydrogen-bond donors (Lipinski definition) is 3. The summed E-state index contributed by atoms with van der Waals surface area (Å²) < 4.78 is 46.7. The Balaban J connectivity index is 0.000000976. The van der Waals surface area contributed by atoms with Gasteiger partial charge < -0.3 is 25.0 Å². The van der Waals surface area contributed by atoms with Crippen molar-refractivity contribution in [1.82, 2.24) is 9.62 Å². The van der Waals surface area contributed by atoms with Crippen molar-refractivity contribution in [1.29, 1.82) is 0 Å². The van der Waals surface area contributed by atoms with E-state index in [1.165, 1.54) is 23.5 Å². The van der Waals surface area contributed by atoms with Gasteiger partial charge in [-0.15, -0.1) is 0 Å². The number of amides is 1. The quantitative estimate of drug-likeness (QED) is 0.137. The molecule has 11 nitrogen and oxygen atoms in total. The molecule has 0 spiro atoms. The maximum Gasteiger partial charge on any atom is 0.407 e. The highest BCUT2D eigenvalue weighted by Crippen LogP contribution is 2.20. The number of hydrogen-bond acceptors (Lipinski definition) is 9. The number of nitrogens with zero attached hydrogens (tertiary/aromatic N) is 1. The van der Waals surface area contributed by atoms with Crippen molar-refractivity contribution >= 4 is 30.8 Å². The van der Waals surface area contributed by atoms with Gasteiger partial charge in [0.2, 0.25) is 10.0 Å². The zero-order valence-electron chi connectivity index (χ0n) is 22.6. The van der Waals surface area contributed by atoms with E-state index in [1.54, 1.807) is 12.1 Å². The number of nitrogen functional groups attached to an aromatic ring is 1. The Morgan fingerprint density at radius 2 is 1.90 bits per heavy atom. The van der Waals surface area contributed by atoms with E-state index in [1.807, 2.05) is 44.2 Å².